The largest absolute Gasteiger partial charge is 0.391 e. The highest BCUT2D eigenvalue weighted by Crippen LogP contribution is 2.27. The maximum Gasteiger partial charge on any atom is 0.225 e. The SMILES string of the molecule is CCCC(CCC)C(=O)N1C[C@@H](Cc2ccnc3ccccc23)[C@H](O)C1. The Balaban J connectivity index is 1.71. The molecule has 1 N–H and O–H groups in total. The van der Waals surface area contributed by atoms with Crippen molar-refractivity contribution in [3.8, 4) is 0 Å². The highest BCUT2D eigenvalue weighted by atomic mass is 16.3. The average molecular weight is 354 g/mol. The molecule has 0 spiro atoms. The molecular formula is C22H30N2O2. The number of benzene rings is 1. The molecule has 0 unspecified atom stereocenters. The van der Waals surface area contributed by atoms with Gasteiger partial charge >= 0.3 is 0 Å². The fourth-order valence-corrected chi connectivity index (χ4v) is 4.20. The number of carbonyl (C=O) groups is 1. The zero-order valence-corrected chi connectivity index (χ0v) is 15.9. The second-order valence-electron chi connectivity index (χ2n) is 7.54. The van der Waals surface area contributed by atoms with Crippen LogP contribution in [0.5, 0.6) is 0 Å². The molecule has 140 valence electrons. The van der Waals surface area contributed by atoms with E-state index in [0.29, 0.717) is 13.1 Å². The summed E-state index contributed by atoms with van der Waals surface area (Å²) in [6.07, 6.45) is 6.10. The number of likely N-dealkylation sites (tertiary alicyclic amines) is 1. The number of aromatic nitrogens is 1. The quantitative estimate of drug-likeness (QED) is 0.822. The molecule has 1 aromatic carbocycles. The van der Waals surface area contributed by atoms with Gasteiger partial charge in [-0.25, -0.2) is 0 Å². The van der Waals surface area contributed by atoms with E-state index in [2.05, 4.69) is 24.9 Å². The van der Waals surface area contributed by atoms with Crippen molar-refractivity contribution in [2.45, 2.75) is 52.1 Å². The van der Waals surface area contributed by atoms with Crippen LogP contribution in [0.25, 0.3) is 10.9 Å². The van der Waals surface area contributed by atoms with Crippen LogP contribution in [0.4, 0.5) is 0 Å². The fraction of sp³-hybridized carbons (Fsp3) is 0.545. The van der Waals surface area contributed by atoms with E-state index in [-0.39, 0.29) is 17.7 Å². The van der Waals surface area contributed by atoms with Crippen molar-refractivity contribution in [2.24, 2.45) is 11.8 Å². The topological polar surface area (TPSA) is 53.4 Å². The summed E-state index contributed by atoms with van der Waals surface area (Å²) in [6, 6.07) is 10.1. The van der Waals surface area contributed by atoms with Gasteiger partial charge in [-0.2, -0.15) is 0 Å². The van der Waals surface area contributed by atoms with Crippen molar-refractivity contribution < 1.29 is 9.90 Å². The lowest BCUT2D eigenvalue weighted by atomic mass is 9.94. The van der Waals surface area contributed by atoms with Gasteiger partial charge < -0.3 is 10.0 Å². The van der Waals surface area contributed by atoms with Gasteiger partial charge in [-0.3, -0.25) is 9.78 Å². The van der Waals surface area contributed by atoms with E-state index in [1.54, 1.807) is 0 Å². The van der Waals surface area contributed by atoms with E-state index in [4.69, 9.17) is 0 Å². The molecule has 1 aromatic heterocycles. The second-order valence-corrected chi connectivity index (χ2v) is 7.54. The van der Waals surface area contributed by atoms with Gasteiger partial charge in [0.15, 0.2) is 0 Å². The molecule has 1 amide bonds. The molecule has 1 fully saturated rings. The van der Waals surface area contributed by atoms with Gasteiger partial charge in [0.2, 0.25) is 5.91 Å². The zero-order chi connectivity index (χ0) is 18.5. The summed E-state index contributed by atoms with van der Waals surface area (Å²) in [7, 11) is 0. The van der Waals surface area contributed by atoms with Gasteiger partial charge in [0.1, 0.15) is 0 Å². The number of para-hydroxylation sites is 1. The molecule has 1 saturated heterocycles. The molecule has 4 nitrogen and oxygen atoms in total. The third-order valence-electron chi connectivity index (χ3n) is 5.56. The summed E-state index contributed by atoms with van der Waals surface area (Å²) in [5.41, 5.74) is 2.18. The molecule has 3 rings (SSSR count). The van der Waals surface area contributed by atoms with Crippen LogP contribution in [0.3, 0.4) is 0 Å². The monoisotopic (exact) mass is 354 g/mol. The summed E-state index contributed by atoms with van der Waals surface area (Å²) < 4.78 is 0. The van der Waals surface area contributed by atoms with Crippen LogP contribution in [0.15, 0.2) is 36.5 Å². The Morgan fingerprint density at radius 2 is 1.92 bits per heavy atom. The van der Waals surface area contributed by atoms with Crippen LogP contribution in [0.2, 0.25) is 0 Å². The number of β-amino-alcohol motifs (C(OH)–C–C–N with tert-alkyl or cyclic N) is 1. The van der Waals surface area contributed by atoms with Crippen LogP contribution >= 0.6 is 0 Å². The third kappa shape index (κ3) is 4.07. The number of nitrogens with zero attached hydrogens (tertiary/aromatic N) is 2. The highest BCUT2D eigenvalue weighted by molar-refractivity contribution is 5.82. The molecule has 26 heavy (non-hydrogen) atoms. The summed E-state index contributed by atoms with van der Waals surface area (Å²) >= 11 is 0. The molecule has 4 heteroatoms. The Labute approximate surface area is 156 Å². The van der Waals surface area contributed by atoms with E-state index in [1.807, 2.05) is 35.4 Å². The first-order valence-electron chi connectivity index (χ1n) is 9.93. The van der Waals surface area contributed by atoms with Gasteiger partial charge in [0, 0.05) is 36.5 Å². The van der Waals surface area contributed by atoms with E-state index in [0.717, 1.165) is 43.0 Å². The number of amides is 1. The Morgan fingerprint density at radius 1 is 1.19 bits per heavy atom. The van der Waals surface area contributed by atoms with E-state index < -0.39 is 6.10 Å². The Bertz CT molecular complexity index is 735. The number of hydrogen-bond acceptors (Lipinski definition) is 3. The first-order chi connectivity index (χ1) is 12.6. The Hall–Kier alpha value is -1.94. The van der Waals surface area contributed by atoms with Crippen molar-refractivity contribution in [1.82, 2.24) is 9.88 Å². The first kappa shape index (κ1) is 18.8. The minimum Gasteiger partial charge on any atom is -0.391 e. The Morgan fingerprint density at radius 3 is 2.65 bits per heavy atom. The van der Waals surface area contributed by atoms with Gasteiger partial charge in [0.25, 0.3) is 0 Å². The molecule has 0 radical (unpaired) electrons. The lowest BCUT2D eigenvalue weighted by molar-refractivity contribution is -0.135. The lowest BCUT2D eigenvalue weighted by Gasteiger charge is -2.23. The van der Waals surface area contributed by atoms with Crippen LogP contribution in [-0.4, -0.2) is 40.1 Å². The molecule has 0 bridgehead atoms. The van der Waals surface area contributed by atoms with Crippen molar-refractivity contribution in [2.75, 3.05) is 13.1 Å². The first-order valence-corrected chi connectivity index (χ1v) is 9.93. The maximum absolute atomic E-state index is 12.9. The number of pyridine rings is 1. The number of hydrogen-bond donors (Lipinski definition) is 1. The van der Waals surface area contributed by atoms with Crippen molar-refractivity contribution in [3.05, 3.63) is 42.1 Å². The highest BCUT2D eigenvalue weighted by Gasteiger charge is 2.36. The van der Waals surface area contributed by atoms with Gasteiger partial charge in [-0.1, -0.05) is 44.9 Å². The van der Waals surface area contributed by atoms with Crippen LogP contribution < -0.4 is 0 Å². The predicted octanol–water partition coefficient (Wildman–Crippen LogP) is 3.81. The van der Waals surface area contributed by atoms with Crippen molar-refractivity contribution in [3.63, 3.8) is 0 Å². The van der Waals surface area contributed by atoms with Crippen LogP contribution in [0, 0.1) is 11.8 Å². The molecule has 1 aliphatic rings. The fourth-order valence-electron chi connectivity index (χ4n) is 4.20. The van der Waals surface area contributed by atoms with Gasteiger partial charge in [0.05, 0.1) is 11.6 Å². The molecule has 2 atom stereocenters. The van der Waals surface area contributed by atoms with Gasteiger partial charge in [-0.15, -0.1) is 0 Å². The predicted molar refractivity (Wildman–Crippen MR) is 105 cm³/mol. The third-order valence-corrected chi connectivity index (χ3v) is 5.56. The molecule has 0 aliphatic carbocycles. The number of fused-ring (bicyclic) bond motifs is 1. The minimum absolute atomic E-state index is 0.0914. The molecular weight excluding hydrogens is 324 g/mol. The van der Waals surface area contributed by atoms with E-state index in [1.165, 1.54) is 5.56 Å². The Kier molecular flexibility index (Phi) is 6.25. The van der Waals surface area contributed by atoms with Crippen LogP contribution in [0.1, 0.15) is 45.1 Å². The standard InChI is InChI=1S/C22H30N2O2/c1-3-7-16(8-4-2)22(26)24-14-18(21(25)15-24)13-17-11-12-23-20-10-6-5-9-19(17)20/h5-6,9-12,16,18,21,25H,3-4,7-8,13-15H2,1-2H3/t18-,21-/m1/s1. The van der Waals surface area contributed by atoms with Crippen LogP contribution in [-0.2, 0) is 11.2 Å². The molecule has 0 saturated carbocycles. The molecule has 2 heterocycles. The average Bonchev–Trinajstić information content (AvgIpc) is 3.02. The number of rotatable bonds is 7. The van der Waals surface area contributed by atoms with Crippen molar-refractivity contribution >= 4 is 16.8 Å². The maximum atomic E-state index is 12.9. The number of aliphatic hydroxyl groups excluding tert-OH is 1. The summed E-state index contributed by atoms with van der Waals surface area (Å²) in [6.45, 7) is 5.38. The van der Waals surface area contributed by atoms with Crippen molar-refractivity contribution in [1.29, 1.82) is 0 Å². The lowest BCUT2D eigenvalue weighted by Crippen LogP contribution is -2.35. The summed E-state index contributed by atoms with van der Waals surface area (Å²) in [5.74, 6) is 0.432. The van der Waals surface area contributed by atoms with E-state index in [9.17, 15) is 9.90 Å². The molecule has 2 aromatic rings. The summed E-state index contributed by atoms with van der Waals surface area (Å²) in [4.78, 5) is 19.2. The number of aliphatic hydroxyl groups is 1. The normalized spacial score (nSPS) is 20.2. The minimum atomic E-state index is -0.449. The smallest absolute Gasteiger partial charge is 0.225 e. The molecule has 1 aliphatic heterocycles. The van der Waals surface area contributed by atoms with Gasteiger partial charge in [-0.05, 0) is 37.0 Å². The van der Waals surface area contributed by atoms with E-state index >= 15 is 0 Å². The second kappa shape index (κ2) is 8.63. The number of carbonyl (C=O) groups excluding carboxylic acids is 1. The summed E-state index contributed by atoms with van der Waals surface area (Å²) in [5, 5.41) is 11.7. The zero-order valence-electron chi connectivity index (χ0n) is 15.9.